The van der Waals surface area contributed by atoms with Gasteiger partial charge in [-0.2, -0.15) is 4.99 Å². The Kier molecular flexibility index (Phi) is 3.61. The standard InChI is InChI=1S/C9H15N3O2S/c13-6-1-7-8(14)11-9(15-7)12-4-2-10-3-5-12/h7,10,13H,1-6H2. The van der Waals surface area contributed by atoms with Gasteiger partial charge in [0.25, 0.3) is 5.91 Å². The second-order valence-corrected chi connectivity index (χ2v) is 4.76. The van der Waals surface area contributed by atoms with Gasteiger partial charge in [0.2, 0.25) is 0 Å². The summed E-state index contributed by atoms with van der Waals surface area (Å²) < 4.78 is 0. The molecule has 0 bridgehead atoms. The van der Waals surface area contributed by atoms with Crippen molar-refractivity contribution in [3.63, 3.8) is 0 Å². The normalized spacial score (nSPS) is 27.0. The van der Waals surface area contributed by atoms with Crippen molar-refractivity contribution in [2.75, 3.05) is 32.8 Å². The molecule has 0 saturated carbocycles. The maximum absolute atomic E-state index is 11.5. The van der Waals surface area contributed by atoms with Crippen molar-refractivity contribution in [2.45, 2.75) is 11.7 Å². The zero-order valence-electron chi connectivity index (χ0n) is 8.48. The number of rotatable bonds is 2. The van der Waals surface area contributed by atoms with Gasteiger partial charge < -0.3 is 15.3 Å². The highest BCUT2D eigenvalue weighted by Gasteiger charge is 2.31. The van der Waals surface area contributed by atoms with E-state index in [1.807, 2.05) is 0 Å². The highest BCUT2D eigenvalue weighted by Crippen LogP contribution is 2.26. The summed E-state index contributed by atoms with van der Waals surface area (Å²) in [6.07, 6.45) is 0.503. The summed E-state index contributed by atoms with van der Waals surface area (Å²) in [7, 11) is 0. The summed E-state index contributed by atoms with van der Waals surface area (Å²) >= 11 is 1.49. The molecule has 1 amide bonds. The Balaban J connectivity index is 1.94. The Morgan fingerprint density at radius 1 is 1.53 bits per heavy atom. The fourth-order valence-corrected chi connectivity index (χ4v) is 2.78. The van der Waals surface area contributed by atoms with Crippen LogP contribution in [0.25, 0.3) is 0 Å². The zero-order chi connectivity index (χ0) is 10.7. The van der Waals surface area contributed by atoms with Crippen LogP contribution in [0.5, 0.6) is 0 Å². The van der Waals surface area contributed by atoms with Gasteiger partial charge in [-0.15, -0.1) is 0 Å². The monoisotopic (exact) mass is 229 g/mol. The second-order valence-electron chi connectivity index (χ2n) is 3.59. The molecular formula is C9H15N3O2S. The first kappa shape index (κ1) is 10.9. The van der Waals surface area contributed by atoms with Crippen LogP contribution >= 0.6 is 11.8 Å². The molecule has 1 saturated heterocycles. The second kappa shape index (κ2) is 4.96. The van der Waals surface area contributed by atoms with Crippen LogP contribution in [-0.4, -0.2) is 59.1 Å². The van der Waals surface area contributed by atoms with E-state index < -0.39 is 0 Å². The van der Waals surface area contributed by atoms with Crippen molar-refractivity contribution in [3.05, 3.63) is 0 Å². The zero-order valence-corrected chi connectivity index (χ0v) is 9.29. The Labute approximate surface area is 92.9 Å². The van der Waals surface area contributed by atoms with Crippen LogP contribution in [0.1, 0.15) is 6.42 Å². The quantitative estimate of drug-likeness (QED) is 0.654. The van der Waals surface area contributed by atoms with Crippen molar-refractivity contribution in [1.82, 2.24) is 10.2 Å². The summed E-state index contributed by atoms with van der Waals surface area (Å²) in [5, 5.41) is 12.7. The van der Waals surface area contributed by atoms with Gasteiger partial charge in [0.15, 0.2) is 5.17 Å². The molecule has 2 aliphatic rings. The van der Waals surface area contributed by atoms with Crippen LogP contribution < -0.4 is 5.32 Å². The third-order valence-electron chi connectivity index (χ3n) is 2.51. The molecule has 5 nitrogen and oxygen atoms in total. The summed E-state index contributed by atoms with van der Waals surface area (Å²) in [5.41, 5.74) is 0. The fourth-order valence-electron chi connectivity index (χ4n) is 1.67. The average molecular weight is 229 g/mol. The molecule has 0 spiro atoms. The molecule has 15 heavy (non-hydrogen) atoms. The molecule has 1 atom stereocenters. The summed E-state index contributed by atoms with van der Waals surface area (Å²) in [6.45, 7) is 3.75. The van der Waals surface area contributed by atoms with Crippen LogP contribution in [0.15, 0.2) is 4.99 Å². The minimum absolute atomic E-state index is 0.0494. The molecule has 1 unspecified atom stereocenters. The third kappa shape index (κ3) is 2.50. The maximum atomic E-state index is 11.5. The van der Waals surface area contributed by atoms with Gasteiger partial charge in [0, 0.05) is 32.8 Å². The van der Waals surface area contributed by atoms with Crippen LogP contribution in [0.2, 0.25) is 0 Å². The van der Waals surface area contributed by atoms with Gasteiger partial charge in [-0.3, -0.25) is 4.79 Å². The number of hydrogen-bond acceptors (Lipinski definition) is 5. The van der Waals surface area contributed by atoms with Gasteiger partial charge in [0.1, 0.15) is 0 Å². The van der Waals surface area contributed by atoms with Crippen molar-refractivity contribution in [1.29, 1.82) is 0 Å². The van der Waals surface area contributed by atoms with E-state index >= 15 is 0 Å². The van der Waals surface area contributed by atoms with Gasteiger partial charge in [-0.05, 0) is 6.42 Å². The molecule has 0 aromatic rings. The number of carbonyl (C=O) groups excluding carboxylic acids is 1. The number of thioether (sulfide) groups is 1. The van der Waals surface area contributed by atoms with E-state index in [4.69, 9.17) is 5.11 Å². The van der Waals surface area contributed by atoms with Gasteiger partial charge >= 0.3 is 0 Å². The van der Waals surface area contributed by atoms with Crippen LogP contribution in [0, 0.1) is 0 Å². The van der Waals surface area contributed by atoms with E-state index in [2.05, 4.69) is 15.2 Å². The molecule has 2 N–H and O–H groups in total. The first-order valence-corrected chi connectivity index (χ1v) is 6.05. The number of amidine groups is 1. The summed E-state index contributed by atoms with van der Waals surface area (Å²) in [5.74, 6) is -0.0948. The Bertz CT molecular complexity index is 277. The van der Waals surface area contributed by atoms with E-state index in [1.54, 1.807) is 0 Å². The number of aliphatic hydroxyl groups is 1. The number of piperazine rings is 1. The SMILES string of the molecule is O=C1N=C(N2CCNCC2)SC1CCO. The minimum Gasteiger partial charge on any atom is -0.396 e. The van der Waals surface area contributed by atoms with Crippen LogP contribution in [-0.2, 0) is 4.79 Å². The summed E-state index contributed by atoms with van der Waals surface area (Å²) in [6, 6.07) is 0. The fraction of sp³-hybridized carbons (Fsp3) is 0.778. The molecule has 1 fully saturated rings. The number of amides is 1. The summed E-state index contributed by atoms with van der Waals surface area (Å²) in [4.78, 5) is 17.6. The van der Waals surface area contributed by atoms with E-state index in [9.17, 15) is 4.79 Å². The molecule has 0 aromatic carbocycles. The first-order chi connectivity index (χ1) is 7.31. The Hall–Kier alpha value is -0.590. The van der Waals surface area contributed by atoms with Crippen molar-refractivity contribution >= 4 is 22.8 Å². The van der Waals surface area contributed by atoms with E-state index in [0.717, 1.165) is 31.3 Å². The lowest BCUT2D eigenvalue weighted by atomic mass is 10.3. The van der Waals surface area contributed by atoms with Crippen LogP contribution in [0.4, 0.5) is 0 Å². The van der Waals surface area contributed by atoms with E-state index in [-0.39, 0.29) is 17.8 Å². The largest absolute Gasteiger partial charge is 0.396 e. The number of hydrogen-bond donors (Lipinski definition) is 2. The molecule has 0 radical (unpaired) electrons. The number of carbonyl (C=O) groups is 1. The topological polar surface area (TPSA) is 64.9 Å². The molecule has 0 aromatic heterocycles. The highest BCUT2D eigenvalue weighted by molar-refractivity contribution is 8.15. The predicted molar refractivity (Wildman–Crippen MR) is 60.0 cm³/mol. The first-order valence-electron chi connectivity index (χ1n) is 5.17. The smallest absolute Gasteiger partial charge is 0.261 e. The van der Waals surface area contributed by atoms with Gasteiger partial charge in [-0.25, -0.2) is 0 Å². The number of nitrogens with zero attached hydrogens (tertiary/aromatic N) is 2. The molecule has 2 aliphatic heterocycles. The van der Waals surface area contributed by atoms with E-state index in [0.29, 0.717) is 6.42 Å². The Morgan fingerprint density at radius 2 is 2.27 bits per heavy atom. The molecule has 2 rings (SSSR count). The molecule has 84 valence electrons. The predicted octanol–water partition coefficient (Wildman–Crippen LogP) is -0.728. The highest BCUT2D eigenvalue weighted by atomic mass is 32.2. The third-order valence-corrected chi connectivity index (χ3v) is 3.79. The average Bonchev–Trinajstić information content (AvgIpc) is 2.63. The van der Waals surface area contributed by atoms with Crippen molar-refractivity contribution in [3.8, 4) is 0 Å². The van der Waals surface area contributed by atoms with Gasteiger partial charge in [0.05, 0.1) is 5.25 Å². The lowest BCUT2D eigenvalue weighted by molar-refractivity contribution is -0.117. The van der Waals surface area contributed by atoms with E-state index in [1.165, 1.54) is 11.8 Å². The molecule has 0 aliphatic carbocycles. The van der Waals surface area contributed by atoms with Crippen molar-refractivity contribution < 1.29 is 9.90 Å². The maximum Gasteiger partial charge on any atom is 0.261 e. The lowest BCUT2D eigenvalue weighted by Gasteiger charge is -2.28. The number of aliphatic imine (C=N–C) groups is 1. The van der Waals surface area contributed by atoms with Crippen molar-refractivity contribution in [2.24, 2.45) is 4.99 Å². The lowest BCUT2D eigenvalue weighted by Crippen LogP contribution is -2.45. The molecule has 2 heterocycles. The Morgan fingerprint density at radius 3 is 2.93 bits per heavy atom. The number of nitrogens with one attached hydrogen (secondary N) is 1. The number of aliphatic hydroxyl groups excluding tert-OH is 1. The minimum atomic E-state index is -0.167. The van der Waals surface area contributed by atoms with Gasteiger partial charge in [-0.1, -0.05) is 11.8 Å². The molecular weight excluding hydrogens is 214 g/mol. The molecule has 6 heteroatoms. The van der Waals surface area contributed by atoms with Crippen LogP contribution in [0.3, 0.4) is 0 Å².